The Bertz CT molecular complexity index is 170. The molecule has 0 amide bonds. The summed E-state index contributed by atoms with van der Waals surface area (Å²) in [6.07, 6.45) is 5.84. The molecule has 0 atom stereocenters. The molecule has 0 radical (unpaired) electrons. The number of rotatable bonds is 0. The molecule has 1 aliphatic rings. The van der Waals surface area contributed by atoms with E-state index in [4.69, 9.17) is 0 Å². The Hall–Kier alpha value is -0.173. The van der Waals surface area contributed by atoms with Gasteiger partial charge in [0.05, 0.1) is 0 Å². The molecule has 0 unspecified atom stereocenters. The minimum atomic E-state index is -0.175. The quantitative estimate of drug-likeness (QED) is 0.370. The third kappa shape index (κ3) is 1.91. The first-order valence-electron chi connectivity index (χ1n) is 3.95. The van der Waals surface area contributed by atoms with Crippen LogP contribution in [0, 0.1) is 0 Å². The van der Waals surface area contributed by atoms with Gasteiger partial charge in [-0.15, -0.1) is 0 Å². The number of allylic oxidation sites excluding steroid dienone is 2. The van der Waals surface area contributed by atoms with E-state index in [1.807, 2.05) is 0 Å². The molecule has 0 aromatic heterocycles. The van der Waals surface area contributed by atoms with Crippen LogP contribution in [0.5, 0.6) is 0 Å². The molecule has 0 aromatic carbocycles. The van der Waals surface area contributed by atoms with Crippen molar-refractivity contribution in [3.05, 3.63) is 12.2 Å². The monoisotopic (exact) mass is 152 g/mol. The van der Waals surface area contributed by atoms with Gasteiger partial charge in [0, 0.05) is 8.41 Å². The molecule has 0 nitrogen and oxygen atoms in total. The predicted octanol–water partition coefficient (Wildman–Crippen LogP) is 2.63. The zero-order valence-electron chi connectivity index (χ0n) is 7.15. The number of hydrogen-bond donors (Lipinski definition) is 0. The van der Waals surface area contributed by atoms with Crippen LogP contribution in [-0.2, 0) is 0 Å². The van der Waals surface area contributed by atoms with Crippen molar-refractivity contribution in [2.24, 2.45) is 0 Å². The van der Waals surface area contributed by atoms with Crippen LogP contribution in [0.15, 0.2) is 12.2 Å². The normalized spacial score (nSPS) is 18.9. The van der Waals surface area contributed by atoms with Gasteiger partial charge in [0.2, 0.25) is 0 Å². The van der Waals surface area contributed by atoms with E-state index in [2.05, 4.69) is 38.6 Å². The summed E-state index contributed by atoms with van der Waals surface area (Å²) < 4.78 is 0. The molecule has 1 aliphatic heterocycles. The van der Waals surface area contributed by atoms with Gasteiger partial charge in [-0.25, -0.2) is 0 Å². The maximum absolute atomic E-state index is 2.53. The van der Waals surface area contributed by atoms with Crippen LogP contribution in [0.25, 0.3) is 0 Å². The van der Waals surface area contributed by atoms with Gasteiger partial charge in [-0.3, -0.25) is 0 Å². The Balaban J connectivity index is 2.65. The first-order chi connectivity index (χ1) is 4.61. The van der Waals surface area contributed by atoms with Gasteiger partial charge in [-0.2, -0.15) is 0 Å². The summed E-state index contributed by atoms with van der Waals surface area (Å²) in [6.45, 7) is 7.07. The fourth-order valence-electron chi connectivity index (χ4n) is 1.21. The van der Waals surface area contributed by atoms with E-state index in [1.165, 1.54) is 12.5 Å². The minimum Gasteiger partial charge on any atom is -0.0993 e. The highest BCUT2D eigenvalue weighted by molar-refractivity contribution is 6.69. The molecule has 0 spiro atoms. The summed E-state index contributed by atoms with van der Waals surface area (Å²) in [5.74, 6) is 0. The molecule has 0 saturated heterocycles. The largest absolute Gasteiger partial charge is 0.0993 e. The predicted molar refractivity (Wildman–Crippen MR) is 50.1 cm³/mol. The van der Waals surface area contributed by atoms with Gasteiger partial charge in [-0.1, -0.05) is 38.6 Å². The van der Waals surface area contributed by atoms with Crippen LogP contribution in [0.3, 0.4) is 0 Å². The highest BCUT2D eigenvalue weighted by Crippen LogP contribution is 2.26. The lowest BCUT2D eigenvalue weighted by Crippen LogP contribution is -2.19. The van der Waals surface area contributed by atoms with E-state index in [1.54, 1.807) is 0 Å². The van der Waals surface area contributed by atoms with Crippen molar-refractivity contribution >= 4 is 14.1 Å². The Labute approximate surface area is 65.2 Å². The van der Waals surface area contributed by atoms with Crippen molar-refractivity contribution in [3.63, 3.8) is 0 Å². The van der Waals surface area contributed by atoms with Crippen LogP contribution < -0.4 is 0 Å². The second-order valence-corrected chi connectivity index (χ2v) is 7.26. The lowest BCUT2D eigenvalue weighted by Gasteiger charge is -2.22. The van der Waals surface area contributed by atoms with Gasteiger partial charge in [0.15, 0.2) is 0 Å². The molecular formula is C9H16Si. The highest BCUT2D eigenvalue weighted by atomic mass is 28.2. The summed E-state index contributed by atoms with van der Waals surface area (Å²) in [7, 11) is -0.175. The highest BCUT2D eigenvalue weighted by Gasteiger charge is 2.16. The smallest absolute Gasteiger partial charge is 0.0154 e. The van der Waals surface area contributed by atoms with E-state index in [-0.39, 0.29) is 8.41 Å². The summed E-state index contributed by atoms with van der Waals surface area (Å²) in [4.78, 5) is 0. The first kappa shape index (κ1) is 7.93. The van der Waals surface area contributed by atoms with Crippen LogP contribution in [0.4, 0.5) is 0 Å². The Morgan fingerprint density at radius 3 is 2.20 bits per heavy atom. The number of hydrogen-bond acceptors (Lipinski definition) is 0. The van der Waals surface area contributed by atoms with Gasteiger partial charge >= 0.3 is 0 Å². The van der Waals surface area contributed by atoms with Crippen molar-refractivity contribution in [3.8, 4) is 0 Å². The fourth-order valence-corrected chi connectivity index (χ4v) is 3.45. The molecule has 0 bridgehead atoms. The van der Waals surface area contributed by atoms with Crippen LogP contribution in [0.2, 0.25) is 11.1 Å². The lowest BCUT2D eigenvalue weighted by molar-refractivity contribution is 0.748. The average molecular weight is 152 g/mol. The zero-order valence-corrected chi connectivity index (χ0v) is 8.15. The van der Waals surface area contributed by atoms with E-state index in [0.29, 0.717) is 5.04 Å². The van der Waals surface area contributed by atoms with Crippen molar-refractivity contribution in [1.29, 1.82) is 0 Å². The third-order valence-electron chi connectivity index (χ3n) is 1.97. The molecule has 1 rings (SSSR count). The van der Waals surface area contributed by atoms with E-state index in [0.717, 1.165) is 0 Å². The van der Waals surface area contributed by atoms with E-state index >= 15 is 0 Å². The molecule has 1 heteroatoms. The van der Waals surface area contributed by atoms with Crippen molar-refractivity contribution in [2.45, 2.75) is 38.3 Å². The van der Waals surface area contributed by atoms with Crippen LogP contribution >= 0.6 is 0 Å². The maximum atomic E-state index is 2.53. The van der Waals surface area contributed by atoms with Crippen molar-refractivity contribution in [2.75, 3.05) is 0 Å². The molecule has 0 aromatic rings. The molecule has 0 fully saturated rings. The van der Waals surface area contributed by atoms with Gasteiger partial charge in [0.25, 0.3) is 0 Å². The SMILES string of the molecule is CC(C)(C)[Si]1=CCC=CC1. The summed E-state index contributed by atoms with van der Waals surface area (Å²) >= 11 is 0. The Kier molecular flexibility index (Phi) is 2.24. The summed E-state index contributed by atoms with van der Waals surface area (Å²) in [6, 6.07) is 1.34. The van der Waals surface area contributed by atoms with Gasteiger partial charge in [0.1, 0.15) is 0 Å². The van der Waals surface area contributed by atoms with Crippen molar-refractivity contribution in [1.82, 2.24) is 0 Å². The Morgan fingerprint density at radius 2 is 1.90 bits per heavy atom. The van der Waals surface area contributed by atoms with Gasteiger partial charge < -0.3 is 0 Å². The summed E-state index contributed by atoms with van der Waals surface area (Å²) in [5.41, 5.74) is 2.53. The van der Waals surface area contributed by atoms with Gasteiger partial charge in [-0.05, 0) is 17.5 Å². The second-order valence-electron chi connectivity index (χ2n) is 3.89. The molecule has 0 N–H and O–H groups in total. The third-order valence-corrected chi connectivity index (χ3v) is 5.30. The first-order valence-corrected chi connectivity index (χ1v) is 5.73. The molecular weight excluding hydrogens is 136 g/mol. The second kappa shape index (κ2) is 2.83. The standard InChI is InChI=1S/C9H16Si/c1-9(2,3)10-7-5-4-6-8-10/h4-5,8H,6-7H2,1-3H3. The van der Waals surface area contributed by atoms with Crippen molar-refractivity contribution < 1.29 is 0 Å². The maximum Gasteiger partial charge on any atom is 0.0154 e. The molecule has 0 saturated carbocycles. The summed E-state index contributed by atoms with van der Waals surface area (Å²) in [5, 5.41) is 0.565. The molecule has 56 valence electrons. The topological polar surface area (TPSA) is 0 Å². The van der Waals surface area contributed by atoms with E-state index < -0.39 is 0 Å². The van der Waals surface area contributed by atoms with E-state index in [9.17, 15) is 0 Å². The molecule has 10 heavy (non-hydrogen) atoms. The average Bonchev–Trinajstić information content (AvgIpc) is 1.88. The fraction of sp³-hybridized carbons (Fsp3) is 0.667. The zero-order chi connectivity index (χ0) is 7.61. The Morgan fingerprint density at radius 1 is 1.20 bits per heavy atom. The molecule has 0 aliphatic carbocycles. The lowest BCUT2D eigenvalue weighted by atomic mass is 10.2. The van der Waals surface area contributed by atoms with Crippen LogP contribution in [-0.4, -0.2) is 14.1 Å². The van der Waals surface area contributed by atoms with Crippen LogP contribution in [0.1, 0.15) is 27.2 Å². The molecule has 1 heterocycles. The minimum absolute atomic E-state index is 0.175.